The molecule has 6 heteroatoms. The lowest BCUT2D eigenvalue weighted by molar-refractivity contribution is -0.135. The maximum Gasteiger partial charge on any atom is 0.233 e. The third-order valence-electron chi connectivity index (χ3n) is 4.27. The van der Waals surface area contributed by atoms with E-state index >= 15 is 0 Å². The van der Waals surface area contributed by atoms with E-state index in [-0.39, 0.29) is 11.8 Å². The van der Waals surface area contributed by atoms with E-state index in [4.69, 9.17) is 0 Å². The van der Waals surface area contributed by atoms with Crippen molar-refractivity contribution >= 4 is 11.8 Å². The Kier molecular flexibility index (Phi) is 4.55. The zero-order valence-corrected chi connectivity index (χ0v) is 13.8. The van der Waals surface area contributed by atoms with E-state index < -0.39 is 5.92 Å². The molecule has 0 saturated carbocycles. The van der Waals surface area contributed by atoms with Crippen LogP contribution < -0.4 is 0 Å². The van der Waals surface area contributed by atoms with Gasteiger partial charge in [-0.15, -0.1) is 0 Å². The molecule has 0 radical (unpaired) electrons. The summed E-state index contributed by atoms with van der Waals surface area (Å²) < 4.78 is 0. The van der Waals surface area contributed by atoms with E-state index in [1.807, 2.05) is 30.3 Å². The Morgan fingerprint density at radius 1 is 1.21 bits per heavy atom. The van der Waals surface area contributed by atoms with E-state index in [0.29, 0.717) is 19.6 Å². The van der Waals surface area contributed by atoms with Gasteiger partial charge in [-0.3, -0.25) is 19.6 Å². The lowest BCUT2D eigenvalue weighted by Gasteiger charge is -2.34. The van der Waals surface area contributed by atoms with Gasteiger partial charge >= 0.3 is 0 Å². The lowest BCUT2D eigenvalue weighted by atomic mass is 9.93. The van der Waals surface area contributed by atoms with Crippen LogP contribution in [0.25, 0.3) is 0 Å². The quantitative estimate of drug-likeness (QED) is 0.860. The fourth-order valence-corrected chi connectivity index (χ4v) is 2.99. The second-order valence-corrected chi connectivity index (χ2v) is 6.02. The molecule has 1 atom stereocenters. The molecule has 0 bridgehead atoms. The number of fused-ring (bicyclic) bond motifs is 1. The highest BCUT2D eigenvalue weighted by molar-refractivity contribution is 5.85. The molecular formula is C18H20N4O2. The molecule has 2 aromatic heterocycles. The Bertz CT molecular complexity index is 748. The first-order valence-electron chi connectivity index (χ1n) is 7.90. The molecule has 0 aliphatic carbocycles. The number of carbonyl (C=O) groups excluding carboxylic acids is 2. The van der Waals surface area contributed by atoms with Gasteiger partial charge < -0.3 is 9.80 Å². The van der Waals surface area contributed by atoms with Crippen molar-refractivity contribution < 1.29 is 9.59 Å². The Morgan fingerprint density at radius 2 is 2.00 bits per heavy atom. The van der Waals surface area contributed by atoms with Crippen LogP contribution in [0.4, 0.5) is 0 Å². The number of hydrogen-bond acceptors (Lipinski definition) is 4. The molecular weight excluding hydrogens is 304 g/mol. The first-order valence-corrected chi connectivity index (χ1v) is 7.90. The van der Waals surface area contributed by atoms with Crippen molar-refractivity contribution in [2.45, 2.75) is 25.9 Å². The van der Waals surface area contributed by atoms with Gasteiger partial charge in [0.1, 0.15) is 0 Å². The summed E-state index contributed by atoms with van der Waals surface area (Å²) in [5.74, 6) is -0.520. The molecule has 1 unspecified atom stereocenters. The standard InChI is InChI=1S/C18H20N4O2/c1-13(23)22-10-14-6-5-9-20-17(14)16(12-22)18(24)21(2)11-15-7-3-4-8-19-15/h3-9,16H,10-12H2,1-2H3. The Labute approximate surface area is 141 Å². The first-order chi connectivity index (χ1) is 11.6. The van der Waals surface area contributed by atoms with Gasteiger partial charge in [0.2, 0.25) is 11.8 Å². The van der Waals surface area contributed by atoms with Crippen LogP contribution in [0.1, 0.15) is 29.8 Å². The fourth-order valence-electron chi connectivity index (χ4n) is 2.99. The third-order valence-corrected chi connectivity index (χ3v) is 4.27. The van der Waals surface area contributed by atoms with Crippen molar-refractivity contribution in [3.63, 3.8) is 0 Å². The summed E-state index contributed by atoms with van der Waals surface area (Å²) in [7, 11) is 1.76. The molecule has 0 spiro atoms. The van der Waals surface area contributed by atoms with Gasteiger partial charge in [-0.05, 0) is 23.8 Å². The van der Waals surface area contributed by atoms with Gasteiger partial charge in [-0.2, -0.15) is 0 Å². The van der Waals surface area contributed by atoms with Crippen LogP contribution >= 0.6 is 0 Å². The van der Waals surface area contributed by atoms with E-state index in [9.17, 15) is 9.59 Å². The molecule has 0 aromatic carbocycles. The molecule has 2 aromatic rings. The van der Waals surface area contributed by atoms with Gasteiger partial charge in [-0.25, -0.2) is 0 Å². The van der Waals surface area contributed by atoms with Gasteiger partial charge in [0.25, 0.3) is 0 Å². The monoisotopic (exact) mass is 324 g/mol. The van der Waals surface area contributed by atoms with Crippen molar-refractivity contribution in [1.82, 2.24) is 19.8 Å². The van der Waals surface area contributed by atoms with Crippen molar-refractivity contribution in [2.75, 3.05) is 13.6 Å². The van der Waals surface area contributed by atoms with Crippen molar-refractivity contribution in [3.8, 4) is 0 Å². The molecule has 0 fully saturated rings. The van der Waals surface area contributed by atoms with Crippen molar-refractivity contribution in [2.24, 2.45) is 0 Å². The van der Waals surface area contributed by atoms with Crippen LogP contribution in [0, 0.1) is 0 Å². The zero-order valence-electron chi connectivity index (χ0n) is 13.8. The number of pyridine rings is 2. The second-order valence-electron chi connectivity index (χ2n) is 6.02. The molecule has 6 nitrogen and oxygen atoms in total. The van der Waals surface area contributed by atoms with Gasteiger partial charge in [0.05, 0.1) is 23.9 Å². The van der Waals surface area contributed by atoms with Gasteiger partial charge in [0, 0.05) is 39.5 Å². The zero-order chi connectivity index (χ0) is 17.1. The Balaban J connectivity index is 1.83. The molecule has 124 valence electrons. The minimum Gasteiger partial charge on any atom is -0.339 e. The van der Waals surface area contributed by atoms with Crippen LogP contribution in [0.2, 0.25) is 0 Å². The van der Waals surface area contributed by atoms with E-state index in [0.717, 1.165) is 17.0 Å². The fraction of sp³-hybridized carbons (Fsp3) is 0.333. The highest BCUT2D eigenvalue weighted by Gasteiger charge is 2.34. The normalized spacial score (nSPS) is 16.4. The summed E-state index contributed by atoms with van der Waals surface area (Å²) in [4.78, 5) is 36.8. The minimum atomic E-state index is -0.437. The highest BCUT2D eigenvalue weighted by Crippen LogP contribution is 2.28. The number of nitrogens with zero attached hydrogens (tertiary/aromatic N) is 4. The number of amides is 2. The SMILES string of the molecule is CC(=O)N1Cc2cccnc2C(C(=O)N(C)Cc2ccccn2)C1. The van der Waals surface area contributed by atoms with Crippen LogP contribution in [-0.4, -0.2) is 45.2 Å². The molecule has 0 saturated heterocycles. The molecule has 1 aliphatic rings. The van der Waals surface area contributed by atoms with Crippen LogP contribution in [-0.2, 0) is 22.7 Å². The maximum absolute atomic E-state index is 13.0. The van der Waals surface area contributed by atoms with E-state index in [1.165, 1.54) is 6.92 Å². The molecule has 3 rings (SSSR count). The summed E-state index contributed by atoms with van der Waals surface area (Å²) in [6, 6.07) is 9.39. The molecule has 0 N–H and O–H groups in total. The number of carbonyl (C=O) groups is 2. The summed E-state index contributed by atoms with van der Waals surface area (Å²) in [5, 5.41) is 0. The molecule has 24 heavy (non-hydrogen) atoms. The minimum absolute atomic E-state index is 0.0327. The van der Waals surface area contributed by atoms with Gasteiger partial charge in [-0.1, -0.05) is 12.1 Å². The number of rotatable bonds is 3. The van der Waals surface area contributed by atoms with Crippen LogP contribution in [0.5, 0.6) is 0 Å². The van der Waals surface area contributed by atoms with E-state index in [1.54, 1.807) is 29.2 Å². The number of likely N-dealkylation sites (N-methyl/N-ethyl adjacent to an activating group) is 1. The maximum atomic E-state index is 13.0. The average molecular weight is 324 g/mol. The van der Waals surface area contributed by atoms with E-state index in [2.05, 4.69) is 9.97 Å². The molecule has 1 aliphatic heterocycles. The topological polar surface area (TPSA) is 66.4 Å². The van der Waals surface area contributed by atoms with Crippen molar-refractivity contribution in [1.29, 1.82) is 0 Å². The predicted octanol–water partition coefficient (Wildman–Crippen LogP) is 1.58. The third kappa shape index (κ3) is 3.27. The summed E-state index contributed by atoms with van der Waals surface area (Å²) in [6.07, 6.45) is 3.41. The molecule has 3 heterocycles. The summed E-state index contributed by atoms with van der Waals surface area (Å²) in [6.45, 7) is 2.83. The lowest BCUT2D eigenvalue weighted by Crippen LogP contribution is -2.43. The highest BCUT2D eigenvalue weighted by atomic mass is 16.2. The summed E-state index contributed by atoms with van der Waals surface area (Å²) >= 11 is 0. The predicted molar refractivity (Wildman–Crippen MR) is 88.8 cm³/mol. The molecule has 2 amide bonds. The first kappa shape index (κ1) is 16.1. The van der Waals surface area contributed by atoms with Crippen LogP contribution in [0.3, 0.4) is 0 Å². The van der Waals surface area contributed by atoms with Crippen LogP contribution in [0.15, 0.2) is 42.7 Å². The van der Waals surface area contributed by atoms with Crippen molar-refractivity contribution in [3.05, 3.63) is 59.7 Å². The number of aromatic nitrogens is 2. The Hall–Kier alpha value is -2.76. The smallest absolute Gasteiger partial charge is 0.233 e. The van der Waals surface area contributed by atoms with Gasteiger partial charge in [0.15, 0.2) is 0 Å². The second kappa shape index (κ2) is 6.78. The number of hydrogen-bond donors (Lipinski definition) is 0. The largest absolute Gasteiger partial charge is 0.339 e. The average Bonchev–Trinajstić information content (AvgIpc) is 2.60. The Morgan fingerprint density at radius 3 is 2.71 bits per heavy atom. The summed E-state index contributed by atoms with van der Waals surface area (Å²) in [5.41, 5.74) is 2.53.